The minimum atomic E-state index is -0.331. The molecule has 0 fully saturated rings. The molecule has 0 radical (unpaired) electrons. The van der Waals surface area contributed by atoms with Crippen molar-refractivity contribution in [1.29, 1.82) is 0 Å². The molecule has 1 amide bonds. The predicted octanol–water partition coefficient (Wildman–Crippen LogP) is 8.31. The third-order valence-corrected chi connectivity index (χ3v) is 7.32. The Hall–Kier alpha value is -3.57. The van der Waals surface area contributed by atoms with E-state index in [0.717, 1.165) is 39.1 Å². The number of carbonyl (C=O) groups excluding carboxylic acids is 1. The summed E-state index contributed by atoms with van der Waals surface area (Å²) < 4.78 is 7.04. The molecule has 4 nitrogen and oxygen atoms in total. The minimum absolute atomic E-state index is 0.0128. The van der Waals surface area contributed by atoms with Gasteiger partial charge >= 0.3 is 0 Å². The Balaban J connectivity index is 1.42. The number of hydrogen-bond acceptors (Lipinski definition) is 3. The standard InChI is InChI=1S/C31H29BrN2O2/c1-3-21(2)23-10-16-26(17-11-23)34-30(33-29-7-5-4-6-28(29)31(34)35)24-12-18-27(19-13-24)36-20-22-8-14-25(32)15-9-22/h4-19,21,30,33H,3,20H2,1-2H3/t21-,30+/m0/s1. The van der Waals surface area contributed by atoms with E-state index in [0.29, 0.717) is 18.1 Å². The van der Waals surface area contributed by atoms with E-state index in [-0.39, 0.29) is 12.1 Å². The summed E-state index contributed by atoms with van der Waals surface area (Å²) in [6, 6.07) is 32.1. The summed E-state index contributed by atoms with van der Waals surface area (Å²) in [6.07, 6.45) is 0.748. The molecule has 0 spiro atoms. The first-order chi connectivity index (χ1) is 17.5. The maximum Gasteiger partial charge on any atom is 0.262 e. The van der Waals surface area contributed by atoms with Gasteiger partial charge < -0.3 is 10.1 Å². The minimum Gasteiger partial charge on any atom is -0.489 e. The number of nitrogens with one attached hydrogen (secondary N) is 1. The zero-order valence-electron chi connectivity index (χ0n) is 20.4. The van der Waals surface area contributed by atoms with Gasteiger partial charge in [-0.05, 0) is 77.6 Å². The van der Waals surface area contributed by atoms with Gasteiger partial charge in [-0.3, -0.25) is 9.69 Å². The Labute approximate surface area is 221 Å². The lowest BCUT2D eigenvalue weighted by Crippen LogP contribution is -2.43. The molecule has 5 rings (SSSR count). The third-order valence-electron chi connectivity index (χ3n) is 6.79. The summed E-state index contributed by atoms with van der Waals surface area (Å²) in [4.78, 5) is 15.5. The fourth-order valence-corrected chi connectivity index (χ4v) is 4.71. The molecule has 0 saturated heterocycles. The molecule has 0 bridgehead atoms. The molecule has 5 heteroatoms. The number of amides is 1. The van der Waals surface area contributed by atoms with Gasteiger partial charge in [0, 0.05) is 15.8 Å². The van der Waals surface area contributed by atoms with Crippen LogP contribution in [0.5, 0.6) is 5.75 Å². The SMILES string of the molecule is CC[C@H](C)c1ccc(N2C(=O)c3ccccc3N[C@H]2c2ccc(OCc3ccc(Br)cc3)cc2)cc1. The highest BCUT2D eigenvalue weighted by Gasteiger charge is 2.34. The van der Waals surface area contributed by atoms with E-state index in [2.05, 4.69) is 59.4 Å². The number of benzene rings is 4. The fourth-order valence-electron chi connectivity index (χ4n) is 4.45. The number of hydrogen-bond donors (Lipinski definition) is 1. The second-order valence-electron chi connectivity index (χ2n) is 9.15. The molecule has 1 heterocycles. The molecule has 0 saturated carbocycles. The van der Waals surface area contributed by atoms with Gasteiger partial charge in [-0.1, -0.05) is 78.3 Å². The molecule has 1 N–H and O–H groups in total. The van der Waals surface area contributed by atoms with Crippen LogP contribution in [0.25, 0.3) is 0 Å². The van der Waals surface area contributed by atoms with Crippen LogP contribution in [0.2, 0.25) is 0 Å². The van der Waals surface area contributed by atoms with Gasteiger partial charge in [-0.25, -0.2) is 0 Å². The maximum absolute atomic E-state index is 13.7. The summed E-state index contributed by atoms with van der Waals surface area (Å²) in [7, 11) is 0. The monoisotopic (exact) mass is 540 g/mol. The number of anilines is 2. The predicted molar refractivity (Wildman–Crippen MR) is 150 cm³/mol. The molecule has 1 aliphatic rings. The molecule has 0 unspecified atom stereocenters. The van der Waals surface area contributed by atoms with Crippen LogP contribution in [0.3, 0.4) is 0 Å². The van der Waals surface area contributed by atoms with Crippen molar-refractivity contribution in [2.45, 2.75) is 39.0 Å². The van der Waals surface area contributed by atoms with Crippen LogP contribution in [0.4, 0.5) is 11.4 Å². The van der Waals surface area contributed by atoms with E-state index in [1.807, 2.05) is 77.7 Å². The van der Waals surface area contributed by atoms with Gasteiger partial charge in [0.2, 0.25) is 0 Å². The zero-order valence-corrected chi connectivity index (χ0v) is 22.0. The number of fused-ring (bicyclic) bond motifs is 1. The number of rotatable bonds is 7. The lowest BCUT2D eigenvalue weighted by atomic mass is 9.97. The van der Waals surface area contributed by atoms with Gasteiger partial charge in [0.25, 0.3) is 5.91 Å². The van der Waals surface area contributed by atoms with Crippen molar-refractivity contribution < 1.29 is 9.53 Å². The summed E-state index contributed by atoms with van der Waals surface area (Å²) in [6.45, 7) is 4.91. The Kier molecular flexibility index (Phi) is 7.10. The topological polar surface area (TPSA) is 41.6 Å². The Morgan fingerprint density at radius 1 is 0.917 bits per heavy atom. The Morgan fingerprint density at radius 3 is 2.31 bits per heavy atom. The van der Waals surface area contributed by atoms with Crippen LogP contribution < -0.4 is 15.0 Å². The van der Waals surface area contributed by atoms with Crippen LogP contribution in [-0.2, 0) is 6.61 Å². The van der Waals surface area contributed by atoms with E-state index >= 15 is 0 Å². The van der Waals surface area contributed by atoms with Gasteiger partial charge in [0.1, 0.15) is 18.5 Å². The number of halogens is 1. The van der Waals surface area contributed by atoms with Gasteiger partial charge in [-0.2, -0.15) is 0 Å². The largest absolute Gasteiger partial charge is 0.489 e. The number of carbonyl (C=O) groups is 1. The first kappa shape index (κ1) is 24.1. The molecule has 36 heavy (non-hydrogen) atoms. The van der Waals surface area contributed by atoms with Crippen molar-refractivity contribution in [1.82, 2.24) is 0 Å². The molecular weight excluding hydrogens is 512 g/mol. The normalized spacial score (nSPS) is 15.7. The van der Waals surface area contributed by atoms with Crippen LogP contribution >= 0.6 is 15.9 Å². The molecular formula is C31H29BrN2O2. The molecule has 182 valence electrons. The molecule has 2 atom stereocenters. The summed E-state index contributed by atoms with van der Waals surface area (Å²) in [5, 5.41) is 3.58. The number of ether oxygens (including phenoxy) is 1. The van der Waals surface area contributed by atoms with Crippen molar-refractivity contribution in [3.8, 4) is 5.75 Å². The van der Waals surface area contributed by atoms with Crippen molar-refractivity contribution in [2.75, 3.05) is 10.2 Å². The van der Waals surface area contributed by atoms with E-state index in [1.54, 1.807) is 0 Å². The molecule has 1 aliphatic heterocycles. The number of nitrogens with zero attached hydrogens (tertiary/aromatic N) is 1. The first-order valence-electron chi connectivity index (χ1n) is 12.3. The smallest absolute Gasteiger partial charge is 0.262 e. The van der Waals surface area contributed by atoms with Gasteiger partial charge in [0.15, 0.2) is 0 Å². The summed E-state index contributed by atoms with van der Waals surface area (Å²) >= 11 is 3.46. The highest BCUT2D eigenvalue weighted by atomic mass is 79.9. The van der Waals surface area contributed by atoms with Crippen LogP contribution in [0.1, 0.15) is 59.4 Å². The highest BCUT2D eigenvalue weighted by Crippen LogP contribution is 2.37. The lowest BCUT2D eigenvalue weighted by Gasteiger charge is -2.38. The van der Waals surface area contributed by atoms with E-state index in [1.165, 1.54) is 5.56 Å². The van der Waals surface area contributed by atoms with Crippen LogP contribution in [0, 0.1) is 0 Å². The molecule has 4 aromatic rings. The zero-order chi connectivity index (χ0) is 25.1. The van der Waals surface area contributed by atoms with Crippen molar-refractivity contribution in [3.63, 3.8) is 0 Å². The third kappa shape index (κ3) is 5.02. The van der Waals surface area contributed by atoms with Gasteiger partial charge in [-0.15, -0.1) is 0 Å². The Morgan fingerprint density at radius 2 is 1.61 bits per heavy atom. The fraction of sp³-hybridized carbons (Fsp3) is 0.194. The second-order valence-corrected chi connectivity index (χ2v) is 10.1. The highest BCUT2D eigenvalue weighted by molar-refractivity contribution is 9.10. The van der Waals surface area contributed by atoms with E-state index < -0.39 is 0 Å². The summed E-state index contributed by atoms with van der Waals surface area (Å²) in [5.41, 5.74) is 5.76. The van der Waals surface area contributed by atoms with E-state index in [9.17, 15) is 4.79 Å². The Bertz CT molecular complexity index is 1330. The van der Waals surface area contributed by atoms with Crippen molar-refractivity contribution in [2.24, 2.45) is 0 Å². The summed E-state index contributed by atoms with van der Waals surface area (Å²) in [5.74, 6) is 1.26. The van der Waals surface area contributed by atoms with E-state index in [4.69, 9.17) is 4.74 Å². The molecule has 4 aromatic carbocycles. The second kappa shape index (κ2) is 10.6. The maximum atomic E-state index is 13.7. The quantitative estimate of drug-likeness (QED) is 0.256. The van der Waals surface area contributed by atoms with Crippen LogP contribution in [-0.4, -0.2) is 5.91 Å². The average molecular weight is 541 g/mol. The first-order valence-corrected chi connectivity index (χ1v) is 13.1. The van der Waals surface area contributed by atoms with Crippen LogP contribution in [0.15, 0.2) is 102 Å². The lowest BCUT2D eigenvalue weighted by molar-refractivity contribution is 0.0975. The molecule has 0 aromatic heterocycles. The number of para-hydroxylation sites is 1. The molecule has 0 aliphatic carbocycles. The van der Waals surface area contributed by atoms with Crippen molar-refractivity contribution >= 4 is 33.2 Å². The average Bonchev–Trinajstić information content (AvgIpc) is 2.93. The van der Waals surface area contributed by atoms with Crippen molar-refractivity contribution in [3.05, 3.63) is 124 Å². The van der Waals surface area contributed by atoms with Gasteiger partial charge in [0.05, 0.1) is 5.56 Å².